The van der Waals surface area contributed by atoms with Gasteiger partial charge in [0.1, 0.15) is 5.69 Å². The summed E-state index contributed by atoms with van der Waals surface area (Å²) in [6.07, 6.45) is 2.90. The zero-order valence-corrected chi connectivity index (χ0v) is 15.2. The predicted octanol–water partition coefficient (Wildman–Crippen LogP) is 5.12. The number of benzene rings is 2. The average molecular weight is 343 g/mol. The predicted molar refractivity (Wildman–Crippen MR) is 107 cm³/mol. The van der Waals surface area contributed by atoms with Crippen LogP contribution in [0, 0.1) is 6.92 Å². The molecule has 1 N–H and O–H groups in total. The van der Waals surface area contributed by atoms with Gasteiger partial charge in [-0.05, 0) is 56.7 Å². The smallest absolute Gasteiger partial charge is 0.170 e. The molecule has 0 aliphatic heterocycles. The number of pyridine rings is 1. The van der Waals surface area contributed by atoms with Gasteiger partial charge in [-0.15, -0.1) is 0 Å². The van der Waals surface area contributed by atoms with Gasteiger partial charge in [-0.3, -0.25) is 4.79 Å². The first-order valence-corrected chi connectivity index (χ1v) is 8.80. The summed E-state index contributed by atoms with van der Waals surface area (Å²) in [5, 5.41) is 5.60. The molecule has 2 heterocycles. The van der Waals surface area contributed by atoms with E-state index < -0.39 is 0 Å². The van der Waals surface area contributed by atoms with Gasteiger partial charge in [-0.25, -0.2) is 4.98 Å². The van der Waals surface area contributed by atoms with Crippen molar-refractivity contribution in [3.8, 4) is 5.69 Å². The first kappa shape index (κ1) is 16.3. The Morgan fingerprint density at radius 2 is 1.92 bits per heavy atom. The number of carbonyl (C=O) groups excluding carboxylic acids is 1. The zero-order valence-electron chi connectivity index (χ0n) is 15.2. The van der Waals surface area contributed by atoms with E-state index in [2.05, 4.69) is 60.0 Å². The lowest BCUT2D eigenvalue weighted by atomic mass is 10.1. The van der Waals surface area contributed by atoms with E-state index in [1.54, 1.807) is 0 Å². The second kappa shape index (κ2) is 6.30. The Morgan fingerprint density at radius 3 is 2.69 bits per heavy atom. The molecule has 0 aliphatic carbocycles. The van der Waals surface area contributed by atoms with E-state index in [1.807, 2.05) is 30.3 Å². The molecular weight excluding hydrogens is 322 g/mol. The number of hydrogen-bond acceptors (Lipinski definition) is 3. The highest BCUT2D eigenvalue weighted by molar-refractivity contribution is 5.92. The highest BCUT2D eigenvalue weighted by atomic mass is 16.1. The van der Waals surface area contributed by atoms with Crippen LogP contribution in [-0.4, -0.2) is 21.9 Å². The van der Waals surface area contributed by atoms with Crippen LogP contribution in [-0.2, 0) is 0 Å². The fourth-order valence-electron chi connectivity index (χ4n) is 3.43. The molecule has 0 saturated carbocycles. The molecule has 4 nitrogen and oxygen atoms in total. The van der Waals surface area contributed by atoms with Crippen LogP contribution in [0.25, 0.3) is 27.5 Å². The Morgan fingerprint density at radius 1 is 1.12 bits per heavy atom. The summed E-state index contributed by atoms with van der Waals surface area (Å²) in [5.41, 5.74) is 5.37. The Labute approximate surface area is 152 Å². The van der Waals surface area contributed by atoms with Gasteiger partial charge < -0.3 is 9.88 Å². The van der Waals surface area contributed by atoms with Crippen molar-refractivity contribution in [3.63, 3.8) is 0 Å². The van der Waals surface area contributed by atoms with Crippen LogP contribution in [0.2, 0.25) is 0 Å². The van der Waals surface area contributed by atoms with E-state index in [0.717, 1.165) is 34.1 Å². The summed E-state index contributed by atoms with van der Waals surface area (Å²) in [4.78, 5) is 16.3. The van der Waals surface area contributed by atoms with E-state index in [4.69, 9.17) is 0 Å². The number of hydrogen-bond donors (Lipinski definition) is 1. The van der Waals surface area contributed by atoms with Crippen molar-refractivity contribution in [2.45, 2.75) is 26.8 Å². The number of anilines is 1. The minimum Gasteiger partial charge on any atom is -0.383 e. The standard InChI is InChI=1S/C22H21N3O/c1-14(2)23-17-8-9-19-16(10-17)11-22(20(13-26)24-19)25-12-15(3)18-6-4-5-7-21(18)25/h4-14,23H,1-3H3. The highest BCUT2D eigenvalue weighted by Gasteiger charge is 2.13. The van der Waals surface area contributed by atoms with Crippen molar-refractivity contribution < 1.29 is 4.79 Å². The quantitative estimate of drug-likeness (QED) is 0.523. The normalized spacial score (nSPS) is 11.4. The van der Waals surface area contributed by atoms with Crippen molar-refractivity contribution in [3.05, 3.63) is 66.0 Å². The zero-order chi connectivity index (χ0) is 18.3. The number of rotatable bonds is 4. The lowest BCUT2D eigenvalue weighted by Gasteiger charge is -2.13. The molecule has 130 valence electrons. The molecule has 0 bridgehead atoms. The monoisotopic (exact) mass is 343 g/mol. The van der Waals surface area contributed by atoms with Gasteiger partial charge in [0.05, 0.1) is 16.7 Å². The first-order valence-electron chi connectivity index (χ1n) is 8.80. The Hall–Kier alpha value is -3.14. The summed E-state index contributed by atoms with van der Waals surface area (Å²) in [6.45, 7) is 6.30. The lowest BCUT2D eigenvalue weighted by molar-refractivity contribution is 0.111. The Balaban J connectivity index is 1.96. The Kier molecular flexibility index (Phi) is 3.96. The first-order chi connectivity index (χ1) is 12.6. The molecule has 0 fully saturated rings. The summed E-state index contributed by atoms with van der Waals surface area (Å²) in [7, 11) is 0. The fourth-order valence-corrected chi connectivity index (χ4v) is 3.43. The molecule has 4 heteroatoms. The third-order valence-corrected chi connectivity index (χ3v) is 4.56. The minimum atomic E-state index is 0.352. The average Bonchev–Trinajstić information content (AvgIpc) is 2.97. The van der Waals surface area contributed by atoms with Gasteiger partial charge in [0.15, 0.2) is 6.29 Å². The van der Waals surface area contributed by atoms with Gasteiger partial charge in [0, 0.05) is 28.7 Å². The highest BCUT2D eigenvalue weighted by Crippen LogP contribution is 2.28. The summed E-state index contributed by atoms with van der Waals surface area (Å²) in [5.74, 6) is 0. The molecule has 4 aromatic rings. The molecular formula is C22H21N3O. The van der Waals surface area contributed by atoms with E-state index >= 15 is 0 Å². The van der Waals surface area contributed by atoms with Gasteiger partial charge in [0.25, 0.3) is 0 Å². The minimum absolute atomic E-state index is 0.352. The number of aldehydes is 1. The van der Waals surface area contributed by atoms with Crippen molar-refractivity contribution in [1.29, 1.82) is 0 Å². The van der Waals surface area contributed by atoms with Crippen LogP contribution in [0.1, 0.15) is 29.9 Å². The SMILES string of the molecule is Cc1cn(-c2cc3cc(NC(C)C)ccc3nc2C=O)c2ccccc12. The second-order valence-corrected chi connectivity index (χ2v) is 6.92. The van der Waals surface area contributed by atoms with Crippen LogP contribution >= 0.6 is 0 Å². The molecule has 0 unspecified atom stereocenters. The van der Waals surface area contributed by atoms with E-state index in [-0.39, 0.29) is 0 Å². The van der Waals surface area contributed by atoms with E-state index in [9.17, 15) is 4.79 Å². The molecule has 2 aromatic heterocycles. The van der Waals surface area contributed by atoms with Crippen LogP contribution in [0.4, 0.5) is 5.69 Å². The fraction of sp³-hybridized carbons (Fsp3) is 0.182. The summed E-state index contributed by atoms with van der Waals surface area (Å²) >= 11 is 0. The number of aryl methyl sites for hydroxylation is 1. The van der Waals surface area contributed by atoms with Gasteiger partial charge in [-0.1, -0.05) is 18.2 Å². The molecule has 0 spiro atoms. The molecule has 2 aromatic carbocycles. The molecule has 0 radical (unpaired) electrons. The molecule has 0 aliphatic rings. The van der Waals surface area contributed by atoms with Crippen molar-refractivity contribution in [1.82, 2.24) is 9.55 Å². The number of nitrogens with one attached hydrogen (secondary N) is 1. The maximum atomic E-state index is 11.7. The molecule has 26 heavy (non-hydrogen) atoms. The molecule has 0 atom stereocenters. The van der Waals surface area contributed by atoms with Crippen LogP contribution < -0.4 is 5.32 Å². The van der Waals surface area contributed by atoms with Crippen molar-refractivity contribution in [2.24, 2.45) is 0 Å². The van der Waals surface area contributed by atoms with Crippen LogP contribution in [0.15, 0.2) is 54.7 Å². The van der Waals surface area contributed by atoms with Crippen molar-refractivity contribution in [2.75, 3.05) is 5.32 Å². The van der Waals surface area contributed by atoms with E-state index in [0.29, 0.717) is 11.7 Å². The molecule has 4 rings (SSSR count). The van der Waals surface area contributed by atoms with Crippen LogP contribution in [0.5, 0.6) is 0 Å². The van der Waals surface area contributed by atoms with Gasteiger partial charge in [-0.2, -0.15) is 0 Å². The third-order valence-electron chi connectivity index (χ3n) is 4.56. The van der Waals surface area contributed by atoms with Gasteiger partial charge in [0.2, 0.25) is 0 Å². The third kappa shape index (κ3) is 2.73. The Bertz CT molecular complexity index is 1130. The number of aromatic nitrogens is 2. The summed E-state index contributed by atoms with van der Waals surface area (Å²) in [6, 6.07) is 16.6. The maximum Gasteiger partial charge on any atom is 0.170 e. The number of fused-ring (bicyclic) bond motifs is 2. The van der Waals surface area contributed by atoms with Crippen molar-refractivity contribution >= 4 is 33.8 Å². The largest absolute Gasteiger partial charge is 0.383 e. The van der Waals surface area contributed by atoms with E-state index in [1.165, 1.54) is 10.9 Å². The number of nitrogens with zero attached hydrogens (tertiary/aromatic N) is 2. The maximum absolute atomic E-state index is 11.7. The second-order valence-electron chi connectivity index (χ2n) is 6.92. The molecule has 0 saturated heterocycles. The lowest BCUT2D eigenvalue weighted by Crippen LogP contribution is -2.09. The topological polar surface area (TPSA) is 46.9 Å². The molecule has 0 amide bonds. The summed E-state index contributed by atoms with van der Waals surface area (Å²) < 4.78 is 2.06. The number of para-hydroxylation sites is 1. The van der Waals surface area contributed by atoms with Crippen LogP contribution in [0.3, 0.4) is 0 Å². The number of carbonyl (C=O) groups is 1. The van der Waals surface area contributed by atoms with Gasteiger partial charge >= 0.3 is 0 Å².